The largest absolute Gasteiger partial charge is 0.480 e. The third kappa shape index (κ3) is 3.76. The van der Waals surface area contributed by atoms with Gasteiger partial charge in [0.1, 0.15) is 5.54 Å². The second-order valence-electron chi connectivity index (χ2n) is 7.13. The fourth-order valence-corrected chi connectivity index (χ4v) is 3.59. The number of nitrogens with one attached hydrogen (secondary N) is 1. The summed E-state index contributed by atoms with van der Waals surface area (Å²) in [5.41, 5.74) is -0.799. The van der Waals surface area contributed by atoms with Crippen molar-refractivity contribution in [3.8, 4) is 0 Å². The number of likely N-dealkylation sites (tertiary alicyclic amines) is 1. The zero-order valence-electron chi connectivity index (χ0n) is 13.8. The van der Waals surface area contributed by atoms with Gasteiger partial charge in [-0.1, -0.05) is 6.92 Å². The highest BCUT2D eigenvalue weighted by molar-refractivity contribution is 5.80. The number of hydrogen-bond acceptors (Lipinski definition) is 4. The van der Waals surface area contributed by atoms with Crippen molar-refractivity contribution in [3.05, 3.63) is 0 Å². The number of aliphatic carboxylic acids is 1. The molecule has 1 aliphatic heterocycles. The molecular weight excluding hydrogens is 268 g/mol. The average molecular weight is 298 g/mol. The number of carboxylic acids is 1. The van der Waals surface area contributed by atoms with Crippen LogP contribution in [-0.2, 0) is 9.53 Å². The van der Waals surface area contributed by atoms with E-state index in [1.807, 2.05) is 13.8 Å². The van der Waals surface area contributed by atoms with Crippen LogP contribution in [0.5, 0.6) is 0 Å². The monoisotopic (exact) mass is 298 g/mol. The summed E-state index contributed by atoms with van der Waals surface area (Å²) in [7, 11) is 1.75. The topological polar surface area (TPSA) is 61.8 Å². The molecule has 2 aliphatic rings. The Balaban J connectivity index is 2.09. The molecule has 0 bridgehead atoms. The summed E-state index contributed by atoms with van der Waals surface area (Å²) in [5, 5.41) is 13.2. The maximum absolute atomic E-state index is 12.0. The van der Waals surface area contributed by atoms with E-state index in [0.717, 1.165) is 32.4 Å². The molecule has 21 heavy (non-hydrogen) atoms. The fourth-order valence-electron chi connectivity index (χ4n) is 3.59. The Hall–Kier alpha value is -0.650. The van der Waals surface area contributed by atoms with Gasteiger partial charge in [-0.3, -0.25) is 15.0 Å². The summed E-state index contributed by atoms with van der Waals surface area (Å²) < 4.78 is 5.56. The Morgan fingerprint density at radius 1 is 1.43 bits per heavy atom. The fraction of sp³-hybridized carbons (Fsp3) is 0.938. The number of methoxy groups -OCH3 is 1. The van der Waals surface area contributed by atoms with Gasteiger partial charge in [0.15, 0.2) is 0 Å². The van der Waals surface area contributed by atoms with E-state index in [1.54, 1.807) is 7.11 Å². The second-order valence-corrected chi connectivity index (χ2v) is 7.13. The lowest BCUT2D eigenvalue weighted by Crippen LogP contribution is -2.64. The van der Waals surface area contributed by atoms with E-state index in [0.29, 0.717) is 12.5 Å². The number of rotatable bonds is 7. The minimum Gasteiger partial charge on any atom is -0.480 e. The van der Waals surface area contributed by atoms with Gasteiger partial charge in [-0.15, -0.1) is 0 Å². The third-order valence-electron chi connectivity index (χ3n) is 4.95. The number of carbonyl (C=O) groups is 1. The van der Waals surface area contributed by atoms with Crippen LogP contribution in [0.1, 0.15) is 40.0 Å². The highest BCUT2D eigenvalue weighted by Crippen LogP contribution is 2.41. The molecular formula is C16H30N2O3. The van der Waals surface area contributed by atoms with Gasteiger partial charge < -0.3 is 9.84 Å². The minimum atomic E-state index is -0.799. The second kappa shape index (κ2) is 6.63. The molecule has 1 saturated carbocycles. The first kappa shape index (κ1) is 16.7. The molecule has 3 unspecified atom stereocenters. The first-order chi connectivity index (χ1) is 9.89. The van der Waals surface area contributed by atoms with E-state index < -0.39 is 11.5 Å². The van der Waals surface area contributed by atoms with Gasteiger partial charge in [-0.25, -0.2) is 0 Å². The number of hydrogen-bond donors (Lipinski definition) is 2. The maximum Gasteiger partial charge on any atom is 0.325 e. The van der Waals surface area contributed by atoms with Crippen LogP contribution in [-0.4, -0.2) is 60.4 Å². The van der Waals surface area contributed by atoms with Gasteiger partial charge in [-0.2, -0.15) is 0 Å². The summed E-state index contributed by atoms with van der Waals surface area (Å²) in [4.78, 5) is 14.3. The van der Waals surface area contributed by atoms with Crippen molar-refractivity contribution in [2.45, 2.75) is 57.7 Å². The first-order valence-electron chi connectivity index (χ1n) is 8.15. The summed E-state index contributed by atoms with van der Waals surface area (Å²) in [6, 6.07) is 0.170. The molecule has 0 aromatic rings. The molecule has 0 radical (unpaired) electrons. The zero-order valence-corrected chi connectivity index (χ0v) is 13.8. The van der Waals surface area contributed by atoms with Crippen molar-refractivity contribution < 1.29 is 14.6 Å². The lowest BCUT2D eigenvalue weighted by atomic mass is 9.88. The van der Waals surface area contributed by atoms with Crippen LogP contribution >= 0.6 is 0 Å². The Morgan fingerprint density at radius 2 is 2.10 bits per heavy atom. The molecule has 1 heterocycles. The molecule has 0 spiro atoms. The van der Waals surface area contributed by atoms with Crippen LogP contribution < -0.4 is 5.32 Å². The Labute approximate surface area is 128 Å². The van der Waals surface area contributed by atoms with Gasteiger partial charge in [-0.05, 0) is 51.5 Å². The lowest BCUT2D eigenvalue weighted by molar-refractivity contribution is -0.148. The molecule has 2 rings (SSSR count). The number of carboxylic acid groups (broad SMARTS) is 1. The van der Waals surface area contributed by atoms with E-state index in [9.17, 15) is 9.90 Å². The zero-order chi connectivity index (χ0) is 15.6. The predicted molar refractivity (Wildman–Crippen MR) is 82.4 cm³/mol. The van der Waals surface area contributed by atoms with Gasteiger partial charge >= 0.3 is 5.97 Å². The maximum atomic E-state index is 12.0. The number of piperidine rings is 1. The molecule has 0 amide bonds. The smallest absolute Gasteiger partial charge is 0.325 e. The van der Waals surface area contributed by atoms with Gasteiger partial charge in [0.05, 0.1) is 6.10 Å². The van der Waals surface area contributed by atoms with Crippen molar-refractivity contribution >= 4 is 5.97 Å². The van der Waals surface area contributed by atoms with E-state index >= 15 is 0 Å². The molecule has 0 aromatic carbocycles. The standard InChI is InChI=1S/C16H30N2O3/c1-11(2)17-16(15(19)20,13-5-6-13)10-18-8-7-12(3)14(9-18)21-4/h11-14,17H,5-10H2,1-4H3,(H,19,20). The van der Waals surface area contributed by atoms with E-state index in [4.69, 9.17) is 4.74 Å². The van der Waals surface area contributed by atoms with Crippen molar-refractivity contribution in [2.75, 3.05) is 26.7 Å². The molecule has 1 saturated heterocycles. The van der Waals surface area contributed by atoms with Gasteiger partial charge in [0.2, 0.25) is 0 Å². The molecule has 3 atom stereocenters. The Morgan fingerprint density at radius 3 is 2.57 bits per heavy atom. The van der Waals surface area contributed by atoms with E-state index in [1.165, 1.54) is 0 Å². The van der Waals surface area contributed by atoms with Crippen LogP contribution in [0.25, 0.3) is 0 Å². The van der Waals surface area contributed by atoms with Crippen LogP contribution in [0.2, 0.25) is 0 Å². The van der Waals surface area contributed by atoms with Crippen molar-refractivity contribution in [3.63, 3.8) is 0 Å². The van der Waals surface area contributed by atoms with Crippen LogP contribution in [0, 0.1) is 11.8 Å². The molecule has 0 aromatic heterocycles. The molecule has 122 valence electrons. The third-order valence-corrected chi connectivity index (χ3v) is 4.95. The Kier molecular flexibility index (Phi) is 5.28. The lowest BCUT2D eigenvalue weighted by Gasteiger charge is -2.42. The van der Waals surface area contributed by atoms with Crippen LogP contribution in [0.15, 0.2) is 0 Å². The van der Waals surface area contributed by atoms with E-state index in [-0.39, 0.29) is 18.1 Å². The van der Waals surface area contributed by atoms with Crippen molar-refractivity contribution in [1.29, 1.82) is 0 Å². The molecule has 5 nitrogen and oxygen atoms in total. The van der Waals surface area contributed by atoms with Gasteiger partial charge in [0, 0.05) is 26.2 Å². The van der Waals surface area contributed by atoms with E-state index in [2.05, 4.69) is 17.1 Å². The summed E-state index contributed by atoms with van der Waals surface area (Å²) in [6.07, 6.45) is 3.32. The summed E-state index contributed by atoms with van der Waals surface area (Å²) in [6.45, 7) is 8.63. The molecule has 1 aliphatic carbocycles. The molecule has 5 heteroatoms. The average Bonchev–Trinajstić information content (AvgIpc) is 3.23. The number of nitrogens with zero attached hydrogens (tertiary/aromatic N) is 1. The highest BCUT2D eigenvalue weighted by atomic mass is 16.5. The normalized spacial score (nSPS) is 30.3. The quantitative estimate of drug-likeness (QED) is 0.747. The predicted octanol–water partition coefficient (Wildman–Crippen LogP) is 1.57. The Bertz CT molecular complexity index is 371. The van der Waals surface area contributed by atoms with Crippen LogP contribution in [0.4, 0.5) is 0 Å². The van der Waals surface area contributed by atoms with Gasteiger partial charge in [0.25, 0.3) is 0 Å². The summed E-state index contributed by atoms with van der Waals surface area (Å²) >= 11 is 0. The van der Waals surface area contributed by atoms with Crippen molar-refractivity contribution in [1.82, 2.24) is 10.2 Å². The highest BCUT2D eigenvalue weighted by Gasteiger charge is 2.52. The minimum absolute atomic E-state index is 0.170. The molecule has 2 fully saturated rings. The number of ether oxygens (including phenoxy) is 1. The first-order valence-corrected chi connectivity index (χ1v) is 8.15. The van der Waals surface area contributed by atoms with Crippen LogP contribution in [0.3, 0.4) is 0 Å². The van der Waals surface area contributed by atoms with Crippen molar-refractivity contribution in [2.24, 2.45) is 11.8 Å². The molecule has 2 N–H and O–H groups in total. The SMILES string of the molecule is COC1CN(CC(NC(C)C)(C(=O)O)C2CC2)CCC1C. The summed E-state index contributed by atoms with van der Waals surface area (Å²) in [5.74, 6) is 0.105.